The molecule has 0 fully saturated rings. The van der Waals surface area contributed by atoms with Gasteiger partial charge in [-0.05, 0) is 26.2 Å². The molecule has 0 heterocycles. The number of carbonyl (C=O) groups excluding carboxylic acids is 1. The van der Waals surface area contributed by atoms with E-state index >= 15 is 0 Å². The molecule has 1 aliphatic rings. The van der Waals surface area contributed by atoms with Crippen molar-refractivity contribution in [2.75, 3.05) is 21.2 Å². The average molecular weight is 167 g/mol. The van der Waals surface area contributed by atoms with Crippen molar-refractivity contribution in [2.24, 2.45) is 0 Å². The summed E-state index contributed by atoms with van der Waals surface area (Å²) >= 11 is 0. The predicted molar refractivity (Wildman–Crippen MR) is 46.7 cm³/mol. The molecule has 0 aromatic rings. The Labute approximate surface area is 72.3 Å². The maximum atomic E-state index is 11.5. The zero-order valence-corrected chi connectivity index (χ0v) is 7.57. The van der Waals surface area contributed by atoms with Gasteiger partial charge in [-0.15, -0.1) is 0 Å². The van der Waals surface area contributed by atoms with E-state index in [4.69, 9.17) is 4.74 Å². The lowest BCUT2D eigenvalue weighted by Crippen LogP contribution is -2.51. The Hall–Kier alpha value is -0.930. The summed E-state index contributed by atoms with van der Waals surface area (Å²) in [6.07, 6.45) is 6.78. The van der Waals surface area contributed by atoms with Crippen LogP contribution in [0.1, 0.15) is 0 Å². The van der Waals surface area contributed by atoms with Crippen LogP contribution in [0.15, 0.2) is 24.3 Å². The highest BCUT2D eigenvalue weighted by Gasteiger charge is 2.37. The van der Waals surface area contributed by atoms with E-state index in [1.54, 1.807) is 17.1 Å². The smallest absolute Gasteiger partial charge is 0.206 e. The molecular formula is C9H13NO2. The highest BCUT2D eigenvalue weighted by Crippen LogP contribution is 2.20. The first-order valence-electron chi connectivity index (χ1n) is 3.76. The molecular weight excluding hydrogens is 154 g/mol. The number of ether oxygens (including phenoxy) is 1. The van der Waals surface area contributed by atoms with Gasteiger partial charge in [-0.2, -0.15) is 0 Å². The lowest BCUT2D eigenvalue weighted by molar-refractivity contribution is -0.146. The summed E-state index contributed by atoms with van der Waals surface area (Å²) in [5, 5.41) is 0. The van der Waals surface area contributed by atoms with E-state index in [9.17, 15) is 4.79 Å². The van der Waals surface area contributed by atoms with Crippen molar-refractivity contribution in [1.82, 2.24) is 4.90 Å². The molecule has 0 aromatic heterocycles. The van der Waals surface area contributed by atoms with Crippen molar-refractivity contribution >= 4 is 5.78 Å². The lowest BCUT2D eigenvalue weighted by Gasteiger charge is -2.34. The van der Waals surface area contributed by atoms with Gasteiger partial charge in [0.25, 0.3) is 0 Å². The van der Waals surface area contributed by atoms with Crippen LogP contribution >= 0.6 is 0 Å². The van der Waals surface area contributed by atoms with Gasteiger partial charge in [-0.3, -0.25) is 9.69 Å². The highest BCUT2D eigenvalue weighted by molar-refractivity contribution is 5.99. The van der Waals surface area contributed by atoms with Gasteiger partial charge in [0.2, 0.25) is 11.5 Å². The van der Waals surface area contributed by atoms with Gasteiger partial charge in [0.05, 0.1) is 0 Å². The van der Waals surface area contributed by atoms with E-state index in [0.717, 1.165) is 0 Å². The molecule has 3 heteroatoms. The van der Waals surface area contributed by atoms with Gasteiger partial charge < -0.3 is 4.74 Å². The number of carbonyl (C=O) groups is 1. The number of hydrogen-bond acceptors (Lipinski definition) is 3. The second kappa shape index (κ2) is 3.21. The molecule has 0 saturated carbocycles. The second-order valence-corrected chi connectivity index (χ2v) is 2.88. The predicted octanol–water partition coefficient (Wildman–Crippen LogP) is 0.586. The number of hydrogen-bond donors (Lipinski definition) is 0. The molecule has 0 aromatic carbocycles. The Morgan fingerprint density at radius 1 is 1.42 bits per heavy atom. The Morgan fingerprint density at radius 3 is 2.42 bits per heavy atom. The Bertz CT molecular complexity index is 243. The standard InChI is InChI=1S/C9H13NO2/c1-10(2)9(12-3)7-5-4-6-8(9)11/h4-7H,1-3H3. The average Bonchev–Trinajstić information content (AvgIpc) is 2.05. The van der Waals surface area contributed by atoms with E-state index < -0.39 is 5.72 Å². The Morgan fingerprint density at radius 2 is 2.08 bits per heavy atom. The first-order valence-corrected chi connectivity index (χ1v) is 3.76. The molecule has 0 saturated heterocycles. The summed E-state index contributed by atoms with van der Waals surface area (Å²) in [6, 6.07) is 0. The molecule has 12 heavy (non-hydrogen) atoms. The third-order valence-electron chi connectivity index (χ3n) is 2.01. The third kappa shape index (κ3) is 1.21. The number of nitrogens with zero attached hydrogens (tertiary/aromatic N) is 1. The van der Waals surface area contributed by atoms with Gasteiger partial charge in [-0.1, -0.05) is 12.2 Å². The molecule has 66 valence electrons. The zero-order valence-electron chi connectivity index (χ0n) is 7.57. The largest absolute Gasteiger partial charge is 0.353 e. The Kier molecular flexibility index (Phi) is 2.45. The normalized spacial score (nSPS) is 28.5. The number of methoxy groups -OCH3 is 1. The summed E-state index contributed by atoms with van der Waals surface area (Å²) < 4.78 is 5.19. The van der Waals surface area contributed by atoms with Crippen molar-refractivity contribution in [1.29, 1.82) is 0 Å². The second-order valence-electron chi connectivity index (χ2n) is 2.88. The van der Waals surface area contributed by atoms with E-state index in [1.165, 1.54) is 13.2 Å². The minimum atomic E-state index is -0.894. The van der Waals surface area contributed by atoms with Crippen molar-refractivity contribution in [3.05, 3.63) is 24.3 Å². The van der Waals surface area contributed by atoms with Crippen LogP contribution in [0, 0.1) is 0 Å². The molecule has 0 radical (unpaired) electrons. The molecule has 3 nitrogen and oxygen atoms in total. The number of ketones is 1. The van der Waals surface area contributed by atoms with Crippen molar-refractivity contribution in [3.63, 3.8) is 0 Å². The molecule has 0 spiro atoms. The van der Waals surface area contributed by atoms with E-state index in [-0.39, 0.29) is 5.78 Å². The van der Waals surface area contributed by atoms with Crippen LogP contribution in [0.2, 0.25) is 0 Å². The fourth-order valence-corrected chi connectivity index (χ4v) is 1.25. The molecule has 1 atom stereocenters. The maximum Gasteiger partial charge on any atom is 0.206 e. The van der Waals surface area contributed by atoms with Crippen LogP contribution in [-0.4, -0.2) is 37.6 Å². The van der Waals surface area contributed by atoms with Crippen LogP contribution in [0.3, 0.4) is 0 Å². The van der Waals surface area contributed by atoms with Gasteiger partial charge >= 0.3 is 0 Å². The molecule has 0 bridgehead atoms. The van der Waals surface area contributed by atoms with Crippen molar-refractivity contribution < 1.29 is 9.53 Å². The van der Waals surface area contributed by atoms with Crippen molar-refractivity contribution in [2.45, 2.75) is 5.72 Å². The minimum Gasteiger partial charge on any atom is -0.353 e. The molecule has 1 aliphatic carbocycles. The summed E-state index contributed by atoms with van der Waals surface area (Å²) in [5.74, 6) is -0.0440. The monoisotopic (exact) mass is 167 g/mol. The van der Waals surface area contributed by atoms with Crippen LogP contribution < -0.4 is 0 Å². The minimum absolute atomic E-state index is 0.0440. The summed E-state index contributed by atoms with van der Waals surface area (Å²) in [6.45, 7) is 0. The van der Waals surface area contributed by atoms with Gasteiger partial charge in [-0.25, -0.2) is 0 Å². The maximum absolute atomic E-state index is 11.5. The number of likely N-dealkylation sites (N-methyl/N-ethyl adjacent to an activating group) is 1. The molecule has 1 unspecified atom stereocenters. The van der Waals surface area contributed by atoms with Gasteiger partial charge in [0, 0.05) is 7.11 Å². The quantitative estimate of drug-likeness (QED) is 0.564. The van der Waals surface area contributed by atoms with E-state index in [2.05, 4.69) is 0 Å². The number of rotatable bonds is 2. The zero-order chi connectivity index (χ0) is 9.19. The van der Waals surface area contributed by atoms with Crippen LogP contribution in [-0.2, 0) is 9.53 Å². The van der Waals surface area contributed by atoms with E-state index in [0.29, 0.717) is 0 Å². The molecule has 0 aliphatic heterocycles. The highest BCUT2D eigenvalue weighted by atomic mass is 16.5. The van der Waals surface area contributed by atoms with Gasteiger partial charge in [0.15, 0.2) is 0 Å². The van der Waals surface area contributed by atoms with Crippen molar-refractivity contribution in [3.8, 4) is 0 Å². The first kappa shape index (κ1) is 9.16. The fraction of sp³-hybridized carbons (Fsp3) is 0.444. The van der Waals surface area contributed by atoms with Crippen LogP contribution in [0.25, 0.3) is 0 Å². The lowest BCUT2D eigenvalue weighted by atomic mass is 10.0. The fourth-order valence-electron chi connectivity index (χ4n) is 1.25. The molecule has 1 rings (SSSR count). The van der Waals surface area contributed by atoms with Gasteiger partial charge in [0.1, 0.15) is 0 Å². The summed E-state index contributed by atoms with van der Waals surface area (Å²) in [4.78, 5) is 13.2. The first-order chi connectivity index (χ1) is 5.63. The van der Waals surface area contributed by atoms with Crippen LogP contribution in [0.5, 0.6) is 0 Å². The van der Waals surface area contributed by atoms with Crippen LogP contribution in [0.4, 0.5) is 0 Å². The number of allylic oxidation sites excluding steroid dienone is 2. The third-order valence-corrected chi connectivity index (χ3v) is 2.01. The van der Waals surface area contributed by atoms with E-state index in [1.807, 2.05) is 20.2 Å². The SMILES string of the molecule is COC1(N(C)C)C=CC=CC1=O. The molecule has 0 N–H and O–H groups in total. The summed E-state index contributed by atoms with van der Waals surface area (Å²) in [5.41, 5.74) is -0.894. The summed E-state index contributed by atoms with van der Waals surface area (Å²) in [7, 11) is 5.15. The molecule has 0 amide bonds. The topological polar surface area (TPSA) is 29.5 Å². The Balaban J connectivity index is 3.01.